The van der Waals surface area contributed by atoms with Crippen LogP contribution < -0.4 is 4.74 Å². The number of hydrogen-bond acceptors (Lipinski definition) is 6. The van der Waals surface area contributed by atoms with Crippen LogP contribution in [-0.2, 0) is 11.3 Å². The minimum Gasteiger partial charge on any atom is -0.491 e. The summed E-state index contributed by atoms with van der Waals surface area (Å²) in [6, 6.07) is 7.30. The van der Waals surface area contributed by atoms with Gasteiger partial charge in [-0.15, -0.1) is 0 Å². The minimum absolute atomic E-state index is 0.0332. The van der Waals surface area contributed by atoms with Gasteiger partial charge in [0.2, 0.25) is 5.91 Å². The lowest BCUT2D eigenvalue weighted by Gasteiger charge is -2.41. The van der Waals surface area contributed by atoms with E-state index in [2.05, 4.69) is 10.1 Å². The predicted molar refractivity (Wildman–Crippen MR) is 127 cm³/mol. The number of piperidine rings is 1. The van der Waals surface area contributed by atoms with Gasteiger partial charge in [0.05, 0.1) is 12.1 Å². The Morgan fingerprint density at radius 1 is 1.09 bits per heavy atom. The Hall–Kier alpha value is -2.94. The summed E-state index contributed by atoms with van der Waals surface area (Å²) in [5.41, 5.74) is 0.387. The molecule has 0 atom stereocenters. The maximum absolute atomic E-state index is 13.2. The molecular weight excluding hydrogens is 434 g/mol. The molecule has 2 aromatic rings. The lowest BCUT2D eigenvalue weighted by atomic mass is 9.75. The zero-order valence-electron chi connectivity index (χ0n) is 20.2. The van der Waals surface area contributed by atoms with Gasteiger partial charge in [0.1, 0.15) is 30.5 Å². The van der Waals surface area contributed by atoms with Crippen LogP contribution in [0.25, 0.3) is 0 Å². The standard InChI is InChI=1S/C25H35N5O4/c1-19-26-20(2)30(27-19)17-23(32)28-12-6-5-9-25(18-31)10-13-29(14-11-25)24(33)21-7-3-4-8-22(21)34-16-15-28/h3-4,7-8,31H,5-6,9-18H2,1-2H3. The molecule has 3 aliphatic heterocycles. The Kier molecular flexibility index (Phi) is 7.50. The van der Waals surface area contributed by atoms with Crippen molar-refractivity contribution in [2.24, 2.45) is 5.41 Å². The third-order valence-electron chi connectivity index (χ3n) is 7.17. The van der Waals surface area contributed by atoms with Crippen LogP contribution in [0, 0.1) is 19.3 Å². The molecule has 5 rings (SSSR count). The van der Waals surface area contributed by atoms with Crippen LogP contribution >= 0.6 is 0 Å². The van der Waals surface area contributed by atoms with E-state index in [0.717, 1.165) is 32.1 Å². The summed E-state index contributed by atoms with van der Waals surface area (Å²) in [6.07, 6.45) is 4.22. The van der Waals surface area contributed by atoms with Crippen molar-refractivity contribution >= 4 is 11.8 Å². The van der Waals surface area contributed by atoms with Crippen LogP contribution in [-0.4, -0.2) is 80.9 Å². The Labute approximate surface area is 200 Å². The summed E-state index contributed by atoms with van der Waals surface area (Å²) in [5.74, 6) is 1.82. The van der Waals surface area contributed by atoms with Gasteiger partial charge in [0.15, 0.2) is 0 Å². The van der Waals surface area contributed by atoms with Crippen molar-refractivity contribution in [3.63, 3.8) is 0 Å². The highest BCUT2D eigenvalue weighted by Gasteiger charge is 2.36. The van der Waals surface area contributed by atoms with Crippen LogP contribution in [0.3, 0.4) is 0 Å². The van der Waals surface area contributed by atoms with Crippen LogP contribution in [0.15, 0.2) is 24.3 Å². The number of para-hydroxylation sites is 1. The van der Waals surface area contributed by atoms with Crippen LogP contribution in [0.2, 0.25) is 0 Å². The number of fused-ring (bicyclic) bond motifs is 9. The fourth-order valence-electron chi connectivity index (χ4n) is 4.98. The topological polar surface area (TPSA) is 101 Å². The van der Waals surface area contributed by atoms with E-state index in [1.165, 1.54) is 0 Å². The molecule has 9 heteroatoms. The molecule has 1 N–H and O–H groups in total. The summed E-state index contributed by atoms with van der Waals surface area (Å²) in [6.45, 7) is 6.52. The fourth-order valence-corrected chi connectivity index (χ4v) is 4.98. The van der Waals surface area contributed by atoms with E-state index in [1.54, 1.807) is 16.8 Å². The maximum atomic E-state index is 13.2. The third kappa shape index (κ3) is 5.41. The number of rotatable bonds is 3. The molecule has 1 aromatic heterocycles. The molecule has 34 heavy (non-hydrogen) atoms. The number of carbonyl (C=O) groups is 2. The highest BCUT2D eigenvalue weighted by atomic mass is 16.5. The van der Waals surface area contributed by atoms with E-state index in [0.29, 0.717) is 55.7 Å². The average molecular weight is 470 g/mol. The number of aliphatic hydroxyl groups excluding tert-OH is 1. The van der Waals surface area contributed by atoms with Gasteiger partial charge in [-0.1, -0.05) is 18.6 Å². The van der Waals surface area contributed by atoms with Crippen molar-refractivity contribution in [1.29, 1.82) is 0 Å². The molecule has 1 aromatic carbocycles. The second-order valence-corrected chi connectivity index (χ2v) is 9.50. The quantitative estimate of drug-likeness (QED) is 0.740. The summed E-state index contributed by atoms with van der Waals surface area (Å²) < 4.78 is 7.66. The van der Waals surface area contributed by atoms with Gasteiger partial charge >= 0.3 is 0 Å². The summed E-state index contributed by atoms with van der Waals surface area (Å²) >= 11 is 0. The zero-order valence-corrected chi connectivity index (χ0v) is 20.2. The van der Waals surface area contributed by atoms with Crippen molar-refractivity contribution in [2.45, 2.75) is 52.5 Å². The number of aliphatic hydroxyl groups is 1. The Morgan fingerprint density at radius 3 is 2.56 bits per heavy atom. The highest BCUT2D eigenvalue weighted by molar-refractivity contribution is 5.97. The number of carbonyl (C=O) groups excluding carboxylic acids is 2. The zero-order chi connectivity index (χ0) is 24.1. The van der Waals surface area contributed by atoms with Gasteiger partial charge in [-0.05, 0) is 57.1 Å². The van der Waals surface area contributed by atoms with Gasteiger partial charge in [0.25, 0.3) is 5.91 Å². The average Bonchev–Trinajstić information content (AvgIpc) is 3.16. The number of aryl methyl sites for hydroxylation is 2. The lowest BCUT2D eigenvalue weighted by Crippen LogP contribution is -2.44. The van der Waals surface area contributed by atoms with E-state index in [4.69, 9.17) is 4.74 Å². The lowest BCUT2D eigenvalue weighted by molar-refractivity contribution is -0.132. The maximum Gasteiger partial charge on any atom is 0.257 e. The number of aromatic nitrogens is 3. The smallest absolute Gasteiger partial charge is 0.257 e. The molecule has 0 aliphatic carbocycles. The molecule has 2 amide bonds. The van der Waals surface area contributed by atoms with E-state index < -0.39 is 0 Å². The van der Waals surface area contributed by atoms with Crippen LogP contribution in [0.1, 0.15) is 54.1 Å². The molecule has 0 saturated carbocycles. The Balaban J connectivity index is 1.53. The summed E-state index contributed by atoms with van der Waals surface area (Å²) in [4.78, 5) is 34.4. The second kappa shape index (κ2) is 10.5. The largest absolute Gasteiger partial charge is 0.491 e. The van der Waals surface area contributed by atoms with Gasteiger partial charge in [0, 0.05) is 26.2 Å². The molecule has 184 valence electrons. The first kappa shape index (κ1) is 24.2. The van der Waals surface area contributed by atoms with Crippen molar-refractivity contribution in [2.75, 3.05) is 39.4 Å². The van der Waals surface area contributed by atoms with E-state index >= 15 is 0 Å². The van der Waals surface area contributed by atoms with E-state index in [1.807, 2.05) is 35.8 Å². The normalized spacial score (nSPS) is 19.2. The molecule has 4 heterocycles. The van der Waals surface area contributed by atoms with Crippen molar-refractivity contribution in [3.05, 3.63) is 41.5 Å². The molecule has 0 radical (unpaired) electrons. The fraction of sp³-hybridized carbons (Fsp3) is 0.600. The molecule has 1 saturated heterocycles. The SMILES string of the molecule is Cc1nc(C)n(CC(=O)N2CCCCC3(CO)CCN(CC3)C(=O)c3ccccc3OCC2)n1. The van der Waals surface area contributed by atoms with Crippen molar-refractivity contribution < 1.29 is 19.4 Å². The number of nitrogens with zero attached hydrogens (tertiary/aromatic N) is 5. The van der Waals surface area contributed by atoms with Crippen molar-refractivity contribution in [3.8, 4) is 5.75 Å². The third-order valence-corrected chi connectivity index (χ3v) is 7.17. The molecular formula is C25H35N5O4. The number of ether oxygens (including phenoxy) is 1. The number of benzene rings is 1. The molecule has 3 aliphatic rings. The number of amides is 2. The first-order chi connectivity index (χ1) is 16.4. The van der Waals surface area contributed by atoms with Crippen molar-refractivity contribution in [1.82, 2.24) is 24.6 Å². The highest BCUT2D eigenvalue weighted by Crippen LogP contribution is 2.37. The van der Waals surface area contributed by atoms with Gasteiger partial charge in [-0.25, -0.2) is 9.67 Å². The van der Waals surface area contributed by atoms with Gasteiger partial charge < -0.3 is 19.6 Å². The molecule has 0 unspecified atom stereocenters. The minimum atomic E-state index is -0.156. The monoisotopic (exact) mass is 469 g/mol. The Morgan fingerprint density at radius 2 is 1.85 bits per heavy atom. The van der Waals surface area contributed by atoms with E-state index in [-0.39, 0.29) is 30.4 Å². The Bertz CT molecular complexity index is 1010. The predicted octanol–water partition coefficient (Wildman–Crippen LogP) is 2.20. The van der Waals surface area contributed by atoms with Gasteiger partial charge in [-0.3, -0.25) is 9.59 Å². The summed E-state index contributed by atoms with van der Waals surface area (Å²) in [5, 5.41) is 14.5. The molecule has 9 nitrogen and oxygen atoms in total. The van der Waals surface area contributed by atoms with Gasteiger partial charge in [-0.2, -0.15) is 5.10 Å². The first-order valence-corrected chi connectivity index (χ1v) is 12.2. The number of hydrogen-bond donors (Lipinski definition) is 1. The summed E-state index contributed by atoms with van der Waals surface area (Å²) in [7, 11) is 0. The molecule has 1 fully saturated rings. The van der Waals surface area contributed by atoms with E-state index in [9.17, 15) is 14.7 Å². The van der Waals surface area contributed by atoms with Crippen LogP contribution in [0.5, 0.6) is 5.75 Å². The first-order valence-electron chi connectivity index (χ1n) is 12.2. The molecule has 2 bridgehead atoms. The molecule has 0 spiro atoms. The second-order valence-electron chi connectivity index (χ2n) is 9.50. The van der Waals surface area contributed by atoms with Crippen LogP contribution in [0.4, 0.5) is 0 Å².